The number of aromatic nitrogens is 1. The zero-order chi connectivity index (χ0) is 20.9. The zero-order valence-electron chi connectivity index (χ0n) is 16.7. The van der Waals surface area contributed by atoms with Crippen LogP contribution in [0.5, 0.6) is 0 Å². The molecule has 0 aromatic carbocycles. The third kappa shape index (κ3) is 5.81. The van der Waals surface area contributed by atoms with Gasteiger partial charge in [-0.3, -0.25) is 4.79 Å². The van der Waals surface area contributed by atoms with Gasteiger partial charge in [-0.15, -0.1) is 11.3 Å². The number of thiophene rings is 1. The molecule has 0 saturated carbocycles. The van der Waals surface area contributed by atoms with Gasteiger partial charge in [0.1, 0.15) is 4.90 Å². The summed E-state index contributed by atoms with van der Waals surface area (Å²) in [6.45, 7) is 5.31. The number of hydrogen-bond acceptors (Lipinski definition) is 6. The molecule has 1 N–H and O–H groups in total. The van der Waals surface area contributed by atoms with Crippen LogP contribution in [-0.4, -0.2) is 42.5 Å². The largest absolute Gasteiger partial charge is 0.347 e. The third-order valence-corrected chi connectivity index (χ3v) is 8.63. The molecule has 1 fully saturated rings. The molecule has 0 unspecified atom stereocenters. The number of pyridine rings is 1. The van der Waals surface area contributed by atoms with Gasteiger partial charge in [-0.05, 0) is 42.3 Å². The van der Waals surface area contributed by atoms with E-state index in [1.807, 2.05) is 17.5 Å². The van der Waals surface area contributed by atoms with Crippen molar-refractivity contribution < 1.29 is 13.2 Å². The lowest BCUT2D eigenvalue weighted by Crippen LogP contribution is -2.35. The quantitative estimate of drug-likeness (QED) is 0.613. The standard InChI is InChI=1S/C20H27N3O3S3/c1-15(2)20(17-7-6-12-27-17)22-18(24)14-28-19-9-8-16(13-21-19)29(25,26)23-10-4-3-5-11-23/h6-9,12-13,15,20H,3-5,10-11,14H2,1-2H3,(H,22,24)/t20-/m1/s1. The second-order valence-corrected chi connectivity index (χ2v) is 11.3. The van der Waals surface area contributed by atoms with E-state index in [1.54, 1.807) is 23.5 Å². The smallest absolute Gasteiger partial charge is 0.244 e. The molecule has 1 aliphatic rings. The van der Waals surface area contributed by atoms with Gasteiger partial charge in [0.05, 0.1) is 16.8 Å². The monoisotopic (exact) mass is 453 g/mol. The Morgan fingerprint density at radius 3 is 2.59 bits per heavy atom. The molecule has 3 heterocycles. The minimum Gasteiger partial charge on any atom is -0.347 e. The van der Waals surface area contributed by atoms with Crippen LogP contribution < -0.4 is 5.32 Å². The minimum absolute atomic E-state index is 0.00637. The number of rotatable bonds is 8. The number of nitrogens with zero attached hydrogens (tertiary/aromatic N) is 2. The summed E-state index contributed by atoms with van der Waals surface area (Å²) in [5, 5.41) is 5.73. The first-order chi connectivity index (χ1) is 13.9. The van der Waals surface area contributed by atoms with Crippen LogP contribution in [0, 0.1) is 5.92 Å². The average Bonchev–Trinajstić information content (AvgIpc) is 3.25. The Hall–Kier alpha value is -1.42. The van der Waals surface area contributed by atoms with Crippen LogP contribution in [0.3, 0.4) is 0 Å². The highest BCUT2D eigenvalue weighted by molar-refractivity contribution is 7.99. The average molecular weight is 454 g/mol. The second kappa shape index (κ2) is 10.1. The lowest BCUT2D eigenvalue weighted by molar-refractivity contribution is -0.119. The van der Waals surface area contributed by atoms with E-state index in [9.17, 15) is 13.2 Å². The predicted molar refractivity (Wildman–Crippen MR) is 118 cm³/mol. The Kier molecular flexibility index (Phi) is 7.72. The maximum Gasteiger partial charge on any atom is 0.244 e. The van der Waals surface area contributed by atoms with Gasteiger partial charge in [-0.25, -0.2) is 13.4 Å². The Morgan fingerprint density at radius 1 is 1.24 bits per heavy atom. The molecule has 0 bridgehead atoms. The maximum atomic E-state index is 12.7. The molecule has 6 nitrogen and oxygen atoms in total. The van der Waals surface area contributed by atoms with E-state index in [4.69, 9.17) is 0 Å². The highest BCUT2D eigenvalue weighted by Gasteiger charge is 2.26. The molecule has 0 spiro atoms. The van der Waals surface area contributed by atoms with Crippen molar-refractivity contribution in [1.82, 2.24) is 14.6 Å². The van der Waals surface area contributed by atoms with Crippen LogP contribution in [-0.2, 0) is 14.8 Å². The number of carbonyl (C=O) groups excluding carboxylic acids is 1. The van der Waals surface area contributed by atoms with Gasteiger partial charge in [0.2, 0.25) is 15.9 Å². The third-order valence-electron chi connectivity index (χ3n) is 4.85. The maximum absolute atomic E-state index is 12.7. The van der Waals surface area contributed by atoms with Crippen molar-refractivity contribution in [3.8, 4) is 0 Å². The highest BCUT2D eigenvalue weighted by Crippen LogP contribution is 2.26. The first-order valence-electron chi connectivity index (χ1n) is 9.79. The van der Waals surface area contributed by atoms with Crippen molar-refractivity contribution in [3.05, 3.63) is 40.7 Å². The van der Waals surface area contributed by atoms with Gasteiger partial charge in [0.15, 0.2) is 0 Å². The van der Waals surface area contributed by atoms with Crippen LogP contribution >= 0.6 is 23.1 Å². The first-order valence-corrected chi connectivity index (χ1v) is 13.1. The van der Waals surface area contributed by atoms with Crippen LogP contribution in [0.15, 0.2) is 45.8 Å². The van der Waals surface area contributed by atoms with Gasteiger partial charge in [-0.1, -0.05) is 38.1 Å². The fraction of sp³-hybridized carbons (Fsp3) is 0.500. The molecule has 2 aromatic rings. The summed E-state index contributed by atoms with van der Waals surface area (Å²) < 4.78 is 26.9. The van der Waals surface area contributed by atoms with Crippen LogP contribution in [0.4, 0.5) is 0 Å². The van der Waals surface area contributed by atoms with Crippen LogP contribution in [0.25, 0.3) is 0 Å². The molecule has 1 atom stereocenters. The Labute approximate surface area is 181 Å². The Bertz CT molecular complexity index is 891. The number of amides is 1. The van der Waals surface area contributed by atoms with Crippen molar-refractivity contribution in [3.63, 3.8) is 0 Å². The van der Waals surface area contributed by atoms with E-state index in [0.717, 1.165) is 24.1 Å². The topological polar surface area (TPSA) is 79.4 Å². The van der Waals surface area contributed by atoms with Crippen molar-refractivity contribution in [1.29, 1.82) is 0 Å². The Morgan fingerprint density at radius 2 is 2.00 bits per heavy atom. The molecule has 2 aromatic heterocycles. The number of nitrogens with one attached hydrogen (secondary N) is 1. The summed E-state index contributed by atoms with van der Waals surface area (Å²) in [6, 6.07) is 7.27. The molecular formula is C20H27N3O3S3. The molecule has 3 rings (SSSR count). The van der Waals surface area contributed by atoms with E-state index in [1.165, 1.54) is 22.3 Å². The molecule has 1 amide bonds. The van der Waals surface area contributed by atoms with Crippen molar-refractivity contribution in [2.45, 2.75) is 49.1 Å². The van der Waals surface area contributed by atoms with Crippen LogP contribution in [0.1, 0.15) is 44.0 Å². The van der Waals surface area contributed by atoms with Crippen molar-refractivity contribution >= 4 is 39.0 Å². The molecule has 9 heteroatoms. The number of piperidine rings is 1. The number of hydrogen-bond donors (Lipinski definition) is 1. The van der Waals surface area contributed by atoms with Crippen molar-refractivity contribution in [2.75, 3.05) is 18.8 Å². The van der Waals surface area contributed by atoms with Gasteiger partial charge >= 0.3 is 0 Å². The summed E-state index contributed by atoms with van der Waals surface area (Å²) in [5.74, 6) is 0.466. The Balaban J connectivity index is 1.56. The summed E-state index contributed by atoms with van der Waals surface area (Å²) in [4.78, 5) is 18.0. The SMILES string of the molecule is CC(C)[C@@H](NC(=O)CSc1ccc(S(=O)(=O)N2CCCCC2)cn1)c1cccs1. The van der Waals surface area contributed by atoms with Gasteiger partial charge in [0.25, 0.3) is 0 Å². The highest BCUT2D eigenvalue weighted by atomic mass is 32.2. The summed E-state index contributed by atoms with van der Waals surface area (Å²) >= 11 is 2.94. The summed E-state index contributed by atoms with van der Waals surface area (Å²) in [7, 11) is -3.48. The zero-order valence-corrected chi connectivity index (χ0v) is 19.2. The first kappa shape index (κ1) is 22.3. The fourth-order valence-corrected chi connectivity index (χ4v) is 6.31. The minimum atomic E-state index is -3.48. The second-order valence-electron chi connectivity index (χ2n) is 7.39. The van der Waals surface area contributed by atoms with E-state index in [2.05, 4.69) is 24.1 Å². The van der Waals surface area contributed by atoms with Crippen molar-refractivity contribution in [2.24, 2.45) is 5.92 Å². The number of thioether (sulfide) groups is 1. The van der Waals surface area contributed by atoms with Gasteiger partial charge in [0, 0.05) is 24.2 Å². The molecule has 29 heavy (non-hydrogen) atoms. The molecular weight excluding hydrogens is 426 g/mol. The summed E-state index contributed by atoms with van der Waals surface area (Å²) in [6.07, 6.45) is 4.27. The fourth-order valence-electron chi connectivity index (χ4n) is 3.25. The molecule has 0 aliphatic carbocycles. The lowest BCUT2D eigenvalue weighted by Gasteiger charge is -2.25. The molecule has 1 aliphatic heterocycles. The number of carbonyl (C=O) groups is 1. The molecule has 158 valence electrons. The summed E-state index contributed by atoms with van der Waals surface area (Å²) in [5.41, 5.74) is 0. The van der Waals surface area contributed by atoms with E-state index in [-0.39, 0.29) is 22.6 Å². The van der Waals surface area contributed by atoms with E-state index < -0.39 is 10.0 Å². The number of sulfonamides is 1. The van der Waals surface area contributed by atoms with Crippen LogP contribution in [0.2, 0.25) is 0 Å². The lowest BCUT2D eigenvalue weighted by atomic mass is 10.0. The molecule has 0 radical (unpaired) electrons. The van der Waals surface area contributed by atoms with E-state index in [0.29, 0.717) is 24.0 Å². The normalized spacial score (nSPS) is 16.7. The van der Waals surface area contributed by atoms with Gasteiger partial charge in [-0.2, -0.15) is 4.31 Å². The molecule has 1 saturated heterocycles. The van der Waals surface area contributed by atoms with Gasteiger partial charge < -0.3 is 5.32 Å². The van der Waals surface area contributed by atoms with E-state index >= 15 is 0 Å². The predicted octanol–water partition coefficient (Wildman–Crippen LogP) is 3.92.